The lowest BCUT2D eigenvalue weighted by Gasteiger charge is -2.19. The Labute approximate surface area is 144 Å². The fraction of sp³-hybridized carbons (Fsp3) is 0.333. The maximum atomic E-state index is 12.5. The number of hydrogen-bond donors (Lipinski definition) is 0. The molecule has 0 bridgehead atoms. The Kier molecular flexibility index (Phi) is 7.90. The van der Waals surface area contributed by atoms with E-state index >= 15 is 0 Å². The van der Waals surface area contributed by atoms with Gasteiger partial charge in [-0.05, 0) is 43.0 Å². The molecule has 1 aromatic rings. The topological polar surface area (TPSA) is 50.1 Å². The minimum absolute atomic E-state index is 0.366. The third-order valence-electron chi connectivity index (χ3n) is 3.69. The Morgan fingerprint density at radius 3 is 2.50 bits per heavy atom. The molecular weight excluding hydrogens is 298 g/mol. The van der Waals surface area contributed by atoms with Crippen LogP contribution in [0.2, 0.25) is 0 Å². The molecule has 3 heteroatoms. The van der Waals surface area contributed by atoms with Gasteiger partial charge in [-0.2, -0.15) is 5.26 Å². The van der Waals surface area contributed by atoms with E-state index in [0.29, 0.717) is 24.8 Å². The minimum Gasteiger partial charge on any atom is -0.444 e. The molecule has 0 aromatic heterocycles. The molecule has 0 spiro atoms. The summed E-state index contributed by atoms with van der Waals surface area (Å²) < 4.78 is 5.50. The molecule has 2 atom stereocenters. The third kappa shape index (κ3) is 5.35. The average molecular weight is 319 g/mol. The van der Waals surface area contributed by atoms with Crippen LogP contribution in [-0.2, 0) is 9.53 Å². The Bertz CT molecular complexity index is 708. The standard InChI is InChI=1S/C21H21NO2/c1-5-8-9-10-16(4)20(7-3)24-21(23)19(6-2)18-13-11-17(15-22)12-14-18/h1,3,10-14,19-20H,6,8-9H2,2,4H3. The van der Waals surface area contributed by atoms with Gasteiger partial charge < -0.3 is 4.74 Å². The van der Waals surface area contributed by atoms with Gasteiger partial charge in [0.15, 0.2) is 6.10 Å². The number of unbranched alkanes of at least 4 members (excludes halogenated alkanes) is 1. The Hall–Kier alpha value is -2.96. The number of terminal acetylenes is 2. The number of ether oxygens (including phenoxy) is 1. The van der Waals surface area contributed by atoms with Gasteiger partial charge in [0.05, 0.1) is 17.6 Å². The van der Waals surface area contributed by atoms with Crippen LogP contribution in [0.25, 0.3) is 0 Å². The van der Waals surface area contributed by atoms with Gasteiger partial charge in [-0.25, -0.2) is 0 Å². The largest absolute Gasteiger partial charge is 0.444 e. The molecule has 1 rings (SSSR count). The lowest BCUT2D eigenvalue weighted by Crippen LogP contribution is -2.23. The van der Waals surface area contributed by atoms with Crippen molar-refractivity contribution in [2.75, 3.05) is 0 Å². The molecule has 0 aliphatic heterocycles. The molecule has 3 nitrogen and oxygen atoms in total. The second kappa shape index (κ2) is 9.94. The van der Waals surface area contributed by atoms with E-state index in [9.17, 15) is 4.79 Å². The van der Waals surface area contributed by atoms with Crippen LogP contribution in [-0.4, -0.2) is 12.1 Å². The van der Waals surface area contributed by atoms with Gasteiger partial charge in [-0.1, -0.05) is 31.1 Å². The van der Waals surface area contributed by atoms with Gasteiger partial charge in [0.2, 0.25) is 0 Å². The van der Waals surface area contributed by atoms with Crippen LogP contribution in [0.3, 0.4) is 0 Å². The van der Waals surface area contributed by atoms with Crippen molar-refractivity contribution in [1.82, 2.24) is 0 Å². The first kappa shape index (κ1) is 19.1. The molecule has 0 heterocycles. The van der Waals surface area contributed by atoms with Crippen molar-refractivity contribution in [3.8, 4) is 30.8 Å². The average Bonchev–Trinajstić information content (AvgIpc) is 2.61. The summed E-state index contributed by atoms with van der Waals surface area (Å²) in [5, 5.41) is 8.85. The second-order valence-corrected chi connectivity index (χ2v) is 5.37. The minimum atomic E-state index is -0.692. The molecule has 0 aliphatic rings. The van der Waals surface area contributed by atoms with Crippen LogP contribution in [0.4, 0.5) is 0 Å². The molecular formula is C21H21NO2. The van der Waals surface area contributed by atoms with Crippen LogP contribution in [0.15, 0.2) is 35.9 Å². The normalized spacial score (nSPS) is 13.0. The number of allylic oxidation sites excluding steroid dienone is 1. The van der Waals surface area contributed by atoms with Crippen molar-refractivity contribution in [3.63, 3.8) is 0 Å². The molecule has 0 fully saturated rings. The molecule has 0 saturated carbocycles. The maximum absolute atomic E-state index is 12.5. The zero-order chi connectivity index (χ0) is 17.9. The highest BCUT2D eigenvalue weighted by Crippen LogP contribution is 2.23. The summed E-state index contributed by atoms with van der Waals surface area (Å²) >= 11 is 0. The zero-order valence-electron chi connectivity index (χ0n) is 14.1. The van der Waals surface area contributed by atoms with Gasteiger partial charge in [-0.3, -0.25) is 4.79 Å². The van der Waals surface area contributed by atoms with E-state index in [1.165, 1.54) is 0 Å². The Morgan fingerprint density at radius 2 is 2.00 bits per heavy atom. The quantitative estimate of drug-likeness (QED) is 0.331. The molecule has 0 radical (unpaired) electrons. The van der Waals surface area contributed by atoms with Gasteiger partial charge in [0.25, 0.3) is 0 Å². The summed E-state index contributed by atoms with van der Waals surface area (Å²) in [7, 11) is 0. The van der Waals surface area contributed by atoms with Crippen molar-refractivity contribution in [2.45, 2.75) is 45.1 Å². The van der Waals surface area contributed by atoms with E-state index in [2.05, 4.69) is 17.9 Å². The van der Waals surface area contributed by atoms with Crippen LogP contribution >= 0.6 is 0 Å². The van der Waals surface area contributed by atoms with Crippen molar-refractivity contribution < 1.29 is 9.53 Å². The van der Waals surface area contributed by atoms with Crippen molar-refractivity contribution in [1.29, 1.82) is 5.26 Å². The van der Waals surface area contributed by atoms with E-state index < -0.39 is 12.0 Å². The molecule has 2 unspecified atom stereocenters. The number of carbonyl (C=O) groups excluding carboxylic acids is 1. The van der Waals surface area contributed by atoms with E-state index in [1.807, 2.05) is 19.9 Å². The number of esters is 1. The lowest BCUT2D eigenvalue weighted by molar-refractivity contribution is -0.147. The van der Waals surface area contributed by atoms with Crippen LogP contribution in [0.1, 0.15) is 50.2 Å². The Balaban J connectivity index is 2.85. The highest BCUT2D eigenvalue weighted by Gasteiger charge is 2.23. The number of rotatable bonds is 7. The van der Waals surface area contributed by atoms with Gasteiger partial charge >= 0.3 is 5.97 Å². The Morgan fingerprint density at radius 1 is 1.33 bits per heavy atom. The summed E-state index contributed by atoms with van der Waals surface area (Å²) in [6.07, 6.45) is 13.8. The SMILES string of the molecule is C#CCCC=C(C)C(C#C)OC(=O)C(CC)c1ccc(C#N)cc1. The first-order chi connectivity index (χ1) is 11.6. The fourth-order valence-electron chi connectivity index (χ4n) is 2.28. The summed E-state index contributed by atoms with van der Waals surface area (Å²) in [6, 6.07) is 8.98. The molecule has 0 aliphatic carbocycles. The van der Waals surface area contributed by atoms with Crippen LogP contribution < -0.4 is 0 Å². The first-order valence-corrected chi connectivity index (χ1v) is 7.84. The van der Waals surface area contributed by atoms with Crippen molar-refractivity contribution >= 4 is 5.97 Å². The maximum Gasteiger partial charge on any atom is 0.314 e. The molecule has 0 amide bonds. The highest BCUT2D eigenvalue weighted by atomic mass is 16.5. The summed E-state index contributed by atoms with van der Waals surface area (Å²) in [4.78, 5) is 12.5. The van der Waals surface area contributed by atoms with Crippen LogP contribution in [0, 0.1) is 36.0 Å². The first-order valence-electron chi connectivity index (χ1n) is 7.84. The predicted octanol–water partition coefficient (Wildman–Crippen LogP) is 3.96. The fourth-order valence-corrected chi connectivity index (χ4v) is 2.28. The van der Waals surface area contributed by atoms with Crippen LogP contribution in [0.5, 0.6) is 0 Å². The predicted molar refractivity (Wildman–Crippen MR) is 94.7 cm³/mol. The van der Waals surface area contributed by atoms with E-state index in [4.69, 9.17) is 22.8 Å². The molecule has 0 N–H and O–H groups in total. The number of hydrogen-bond acceptors (Lipinski definition) is 3. The summed E-state index contributed by atoms with van der Waals surface area (Å²) in [6.45, 7) is 3.74. The number of nitriles is 1. The number of benzene rings is 1. The summed E-state index contributed by atoms with van der Waals surface area (Å²) in [5.74, 6) is 4.28. The molecule has 24 heavy (non-hydrogen) atoms. The highest BCUT2D eigenvalue weighted by molar-refractivity contribution is 5.78. The molecule has 122 valence electrons. The van der Waals surface area contributed by atoms with Crippen molar-refractivity contribution in [3.05, 3.63) is 47.0 Å². The zero-order valence-corrected chi connectivity index (χ0v) is 14.1. The molecule has 0 saturated heterocycles. The van der Waals surface area contributed by atoms with E-state index in [-0.39, 0.29) is 5.97 Å². The van der Waals surface area contributed by atoms with Crippen molar-refractivity contribution in [2.24, 2.45) is 0 Å². The smallest absolute Gasteiger partial charge is 0.314 e. The van der Waals surface area contributed by atoms with Gasteiger partial charge in [0, 0.05) is 6.42 Å². The summed E-state index contributed by atoms with van der Waals surface area (Å²) in [5.41, 5.74) is 2.16. The lowest BCUT2D eigenvalue weighted by atomic mass is 9.95. The number of carbonyl (C=O) groups is 1. The monoisotopic (exact) mass is 319 g/mol. The molecule has 1 aromatic carbocycles. The van der Waals surface area contributed by atoms with E-state index in [1.54, 1.807) is 24.3 Å². The van der Waals surface area contributed by atoms with E-state index in [0.717, 1.165) is 11.1 Å². The van der Waals surface area contributed by atoms with Gasteiger partial charge in [-0.15, -0.1) is 18.8 Å². The van der Waals surface area contributed by atoms with Gasteiger partial charge in [0.1, 0.15) is 0 Å². The third-order valence-corrected chi connectivity index (χ3v) is 3.69. The second-order valence-electron chi connectivity index (χ2n) is 5.37. The number of nitrogens with zero attached hydrogens (tertiary/aromatic N) is 1.